The molecule has 0 spiro atoms. The van der Waals surface area contributed by atoms with E-state index in [1.165, 1.54) is 0 Å². The standard InChI is InChI=1S/C18H32O9/c19-8-13-2-1-3-16(24-13)27-18(7-5-15(10-21)26-18)12-23-17(11-22)6-4-14(9-20)25-17/h13-16,19-22H,1-12H2. The minimum atomic E-state index is -1.19. The second-order valence-electron chi connectivity index (χ2n) is 7.61. The summed E-state index contributed by atoms with van der Waals surface area (Å²) in [6.07, 6.45) is 2.99. The molecule has 3 heterocycles. The predicted octanol–water partition coefficient (Wildman–Crippen LogP) is -0.365. The van der Waals surface area contributed by atoms with Gasteiger partial charge in [-0.1, -0.05) is 0 Å². The van der Waals surface area contributed by atoms with Crippen molar-refractivity contribution in [2.75, 3.05) is 33.0 Å². The molecule has 9 nitrogen and oxygen atoms in total. The van der Waals surface area contributed by atoms with Crippen LogP contribution in [0.4, 0.5) is 0 Å². The number of hydrogen-bond donors (Lipinski definition) is 4. The van der Waals surface area contributed by atoms with Crippen molar-refractivity contribution in [3.63, 3.8) is 0 Å². The van der Waals surface area contributed by atoms with Gasteiger partial charge in [0.1, 0.15) is 6.61 Å². The number of aliphatic hydroxyl groups is 4. The highest BCUT2D eigenvalue weighted by Crippen LogP contribution is 2.38. The molecule has 3 fully saturated rings. The van der Waals surface area contributed by atoms with Crippen molar-refractivity contribution in [2.24, 2.45) is 0 Å². The summed E-state index contributed by atoms with van der Waals surface area (Å²) in [7, 11) is 0. The Morgan fingerprint density at radius 2 is 1.41 bits per heavy atom. The summed E-state index contributed by atoms with van der Waals surface area (Å²) in [5.74, 6) is -2.30. The highest BCUT2D eigenvalue weighted by atomic mass is 16.8. The van der Waals surface area contributed by atoms with Gasteiger partial charge in [-0.25, -0.2) is 0 Å². The van der Waals surface area contributed by atoms with Crippen molar-refractivity contribution >= 4 is 0 Å². The van der Waals surface area contributed by atoms with Gasteiger partial charge in [0.2, 0.25) is 0 Å². The molecule has 3 aliphatic rings. The van der Waals surface area contributed by atoms with Crippen molar-refractivity contribution in [2.45, 2.75) is 81.1 Å². The topological polar surface area (TPSA) is 127 Å². The quantitative estimate of drug-likeness (QED) is 0.416. The molecule has 0 aromatic carbocycles. The van der Waals surface area contributed by atoms with E-state index < -0.39 is 17.9 Å². The van der Waals surface area contributed by atoms with E-state index >= 15 is 0 Å². The number of hydrogen-bond acceptors (Lipinski definition) is 9. The van der Waals surface area contributed by atoms with Crippen molar-refractivity contribution in [3.8, 4) is 0 Å². The third kappa shape index (κ3) is 5.17. The van der Waals surface area contributed by atoms with Gasteiger partial charge in [0, 0.05) is 12.8 Å². The van der Waals surface area contributed by atoms with Crippen LogP contribution in [0.25, 0.3) is 0 Å². The molecule has 9 heteroatoms. The molecular formula is C18H32O9. The lowest BCUT2D eigenvalue weighted by Crippen LogP contribution is -2.48. The average molecular weight is 392 g/mol. The lowest BCUT2D eigenvalue weighted by atomic mass is 10.1. The average Bonchev–Trinajstić information content (AvgIpc) is 3.32. The Hall–Kier alpha value is -0.360. The van der Waals surface area contributed by atoms with E-state index in [-0.39, 0.29) is 51.3 Å². The van der Waals surface area contributed by atoms with Gasteiger partial charge in [0.15, 0.2) is 17.9 Å². The number of rotatable bonds is 9. The van der Waals surface area contributed by atoms with Gasteiger partial charge < -0.3 is 44.1 Å². The first-order valence-corrected chi connectivity index (χ1v) is 9.82. The summed E-state index contributed by atoms with van der Waals surface area (Å²) in [5, 5.41) is 37.8. The monoisotopic (exact) mass is 392 g/mol. The van der Waals surface area contributed by atoms with Crippen LogP contribution in [0.5, 0.6) is 0 Å². The Morgan fingerprint density at radius 1 is 0.778 bits per heavy atom. The molecular weight excluding hydrogens is 360 g/mol. The van der Waals surface area contributed by atoms with Gasteiger partial charge in [0.05, 0.1) is 44.7 Å². The van der Waals surface area contributed by atoms with Gasteiger partial charge >= 0.3 is 0 Å². The van der Waals surface area contributed by atoms with E-state index in [0.717, 1.165) is 12.8 Å². The van der Waals surface area contributed by atoms with Crippen LogP contribution in [-0.2, 0) is 23.7 Å². The molecule has 0 saturated carbocycles. The van der Waals surface area contributed by atoms with E-state index in [9.17, 15) is 20.4 Å². The Morgan fingerprint density at radius 3 is 2.00 bits per heavy atom. The molecule has 0 aromatic rings. The SMILES string of the molecule is OCC1CCCC(OC2(COC3(CO)CCC(CO)O3)CCC(CO)O2)O1. The fraction of sp³-hybridized carbons (Fsp3) is 1.00. The zero-order chi connectivity index (χ0) is 19.3. The van der Waals surface area contributed by atoms with Crippen molar-refractivity contribution in [3.05, 3.63) is 0 Å². The van der Waals surface area contributed by atoms with Crippen LogP contribution in [0.2, 0.25) is 0 Å². The summed E-state index contributed by atoms with van der Waals surface area (Å²) >= 11 is 0. The highest BCUT2D eigenvalue weighted by molar-refractivity contribution is 4.86. The van der Waals surface area contributed by atoms with Crippen LogP contribution in [0.15, 0.2) is 0 Å². The molecule has 0 bridgehead atoms. The van der Waals surface area contributed by atoms with Crippen LogP contribution in [-0.4, -0.2) is 89.6 Å². The van der Waals surface area contributed by atoms with Crippen molar-refractivity contribution < 1.29 is 44.1 Å². The smallest absolute Gasteiger partial charge is 0.195 e. The van der Waals surface area contributed by atoms with Gasteiger partial charge in [-0.3, -0.25) is 0 Å². The maximum Gasteiger partial charge on any atom is 0.195 e. The Labute approximate surface area is 159 Å². The zero-order valence-corrected chi connectivity index (χ0v) is 15.6. The summed E-state index contributed by atoms with van der Waals surface area (Å²) < 4.78 is 29.4. The fourth-order valence-corrected chi connectivity index (χ4v) is 3.92. The minimum Gasteiger partial charge on any atom is -0.394 e. The third-order valence-corrected chi connectivity index (χ3v) is 5.52. The van der Waals surface area contributed by atoms with Gasteiger partial charge in [0.25, 0.3) is 0 Å². The molecule has 3 saturated heterocycles. The van der Waals surface area contributed by atoms with Gasteiger partial charge in [-0.2, -0.15) is 0 Å². The first-order chi connectivity index (χ1) is 13.1. The van der Waals surface area contributed by atoms with Crippen LogP contribution >= 0.6 is 0 Å². The fourth-order valence-electron chi connectivity index (χ4n) is 3.92. The van der Waals surface area contributed by atoms with Crippen molar-refractivity contribution in [1.29, 1.82) is 0 Å². The molecule has 158 valence electrons. The number of aliphatic hydroxyl groups excluding tert-OH is 4. The molecule has 0 aliphatic carbocycles. The van der Waals surface area contributed by atoms with Crippen LogP contribution in [0.3, 0.4) is 0 Å². The van der Waals surface area contributed by atoms with E-state index in [1.807, 2.05) is 0 Å². The normalized spacial score (nSPS) is 42.7. The molecule has 0 amide bonds. The lowest BCUT2D eigenvalue weighted by Gasteiger charge is -2.38. The van der Waals surface area contributed by atoms with Gasteiger partial charge in [-0.05, 0) is 32.1 Å². The molecule has 0 aromatic heterocycles. The maximum absolute atomic E-state index is 9.77. The van der Waals surface area contributed by atoms with Crippen LogP contribution in [0.1, 0.15) is 44.9 Å². The molecule has 3 rings (SSSR count). The third-order valence-electron chi connectivity index (χ3n) is 5.52. The largest absolute Gasteiger partial charge is 0.394 e. The van der Waals surface area contributed by atoms with Crippen LogP contribution < -0.4 is 0 Å². The number of ether oxygens (including phenoxy) is 5. The predicted molar refractivity (Wildman–Crippen MR) is 91.6 cm³/mol. The van der Waals surface area contributed by atoms with E-state index in [4.69, 9.17) is 23.7 Å². The summed E-state index contributed by atoms with van der Waals surface area (Å²) in [6.45, 7) is -0.646. The highest BCUT2D eigenvalue weighted by Gasteiger charge is 2.48. The first kappa shape index (κ1) is 21.4. The molecule has 6 atom stereocenters. The minimum absolute atomic E-state index is 0.00581. The lowest BCUT2D eigenvalue weighted by molar-refractivity contribution is -0.356. The van der Waals surface area contributed by atoms with E-state index in [1.54, 1.807) is 0 Å². The second kappa shape index (κ2) is 9.43. The van der Waals surface area contributed by atoms with Crippen molar-refractivity contribution in [1.82, 2.24) is 0 Å². The summed E-state index contributed by atoms with van der Waals surface area (Å²) in [5.41, 5.74) is 0. The Kier molecular flexibility index (Phi) is 7.45. The molecule has 6 unspecified atom stereocenters. The van der Waals surface area contributed by atoms with Crippen LogP contribution in [0, 0.1) is 0 Å². The molecule has 3 aliphatic heterocycles. The summed E-state index contributed by atoms with van der Waals surface area (Å²) in [6, 6.07) is 0. The zero-order valence-electron chi connectivity index (χ0n) is 15.6. The molecule has 4 N–H and O–H groups in total. The maximum atomic E-state index is 9.77. The Bertz CT molecular complexity index is 464. The first-order valence-electron chi connectivity index (χ1n) is 9.82. The van der Waals surface area contributed by atoms with E-state index in [2.05, 4.69) is 0 Å². The summed E-state index contributed by atoms with van der Waals surface area (Å²) in [4.78, 5) is 0. The molecule has 27 heavy (non-hydrogen) atoms. The molecule has 0 radical (unpaired) electrons. The van der Waals surface area contributed by atoms with E-state index in [0.29, 0.717) is 32.1 Å². The van der Waals surface area contributed by atoms with Gasteiger partial charge in [-0.15, -0.1) is 0 Å². The Balaban J connectivity index is 1.64. The second-order valence-corrected chi connectivity index (χ2v) is 7.61.